The molecule has 0 fully saturated rings. The predicted molar refractivity (Wildman–Crippen MR) is 56.0 cm³/mol. The normalized spacial score (nSPS) is 15.0. The van der Waals surface area contributed by atoms with E-state index in [1.165, 1.54) is 0 Å². The van der Waals surface area contributed by atoms with Crippen LogP contribution in [0.2, 0.25) is 0 Å². The molecular weight excluding hydrogens is 164 g/mol. The van der Waals surface area contributed by atoms with E-state index < -0.39 is 0 Å². The van der Waals surface area contributed by atoms with E-state index in [1.807, 2.05) is 0 Å². The van der Waals surface area contributed by atoms with Crippen molar-refractivity contribution in [2.75, 3.05) is 7.11 Å². The lowest BCUT2D eigenvalue weighted by molar-refractivity contribution is -0.0856. The molecule has 0 aliphatic heterocycles. The van der Waals surface area contributed by atoms with Crippen LogP contribution in [0, 0.1) is 0 Å². The fraction of sp³-hybridized carbons (Fsp3) is 1.00. The molecule has 2 nitrogen and oxygen atoms in total. The van der Waals surface area contributed by atoms with Gasteiger partial charge >= 0.3 is 0 Å². The molecule has 0 aromatic heterocycles. The quantitative estimate of drug-likeness (QED) is 0.638. The van der Waals surface area contributed by atoms with Gasteiger partial charge in [0.05, 0.1) is 17.8 Å². The maximum Gasteiger partial charge on any atom is 0.0654 e. The Balaban J connectivity index is 3.98. The fourth-order valence-electron chi connectivity index (χ4n) is 1.63. The van der Waals surface area contributed by atoms with Gasteiger partial charge in [-0.15, -0.1) is 0 Å². The lowest BCUT2D eigenvalue weighted by atomic mass is 9.99. The molecule has 0 heterocycles. The zero-order valence-electron chi connectivity index (χ0n) is 9.89. The molecular formula is C11H24O2. The summed E-state index contributed by atoms with van der Waals surface area (Å²) in [6.07, 6.45) is 2.60. The van der Waals surface area contributed by atoms with E-state index in [0.29, 0.717) is 6.10 Å². The van der Waals surface area contributed by atoms with Crippen LogP contribution in [0.25, 0.3) is 0 Å². The number of rotatable bonds is 6. The molecule has 0 aliphatic rings. The molecule has 2 heteroatoms. The SMILES string of the molecule is CCC(CC(C)(C)OC(C)C)OC. The average Bonchev–Trinajstić information content (AvgIpc) is 1.97. The molecule has 0 saturated heterocycles. The van der Waals surface area contributed by atoms with Gasteiger partial charge in [-0.3, -0.25) is 0 Å². The molecule has 80 valence electrons. The Bertz CT molecular complexity index is 126. The highest BCUT2D eigenvalue weighted by Crippen LogP contribution is 2.21. The Morgan fingerprint density at radius 2 is 1.77 bits per heavy atom. The minimum atomic E-state index is -0.0785. The molecule has 0 amide bonds. The predicted octanol–water partition coefficient (Wildman–Crippen LogP) is 3.01. The molecule has 1 unspecified atom stereocenters. The monoisotopic (exact) mass is 188 g/mol. The summed E-state index contributed by atoms with van der Waals surface area (Å²) in [5, 5.41) is 0. The Morgan fingerprint density at radius 3 is 2.08 bits per heavy atom. The maximum absolute atomic E-state index is 5.79. The third-order valence-corrected chi connectivity index (χ3v) is 2.06. The van der Waals surface area contributed by atoms with Crippen LogP contribution < -0.4 is 0 Å². The molecule has 0 saturated carbocycles. The summed E-state index contributed by atoms with van der Waals surface area (Å²) in [7, 11) is 1.76. The van der Waals surface area contributed by atoms with Crippen molar-refractivity contribution in [1.82, 2.24) is 0 Å². The largest absolute Gasteiger partial charge is 0.381 e. The van der Waals surface area contributed by atoms with E-state index in [2.05, 4.69) is 34.6 Å². The number of ether oxygens (including phenoxy) is 2. The number of methoxy groups -OCH3 is 1. The molecule has 13 heavy (non-hydrogen) atoms. The second-order valence-corrected chi connectivity index (χ2v) is 4.40. The molecule has 0 N–H and O–H groups in total. The highest BCUT2D eigenvalue weighted by atomic mass is 16.5. The Kier molecular flexibility index (Phi) is 5.57. The van der Waals surface area contributed by atoms with Crippen LogP contribution in [0.1, 0.15) is 47.5 Å². The van der Waals surface area contributed by atoms with Gasteiger partial charge < -0.3 is 9.47 Å². The average molecular weight is 188 g/mol. The minimum Gasteiger partial charge on any atom is -0.381 e. The van der Waals surface area contributed by atoms with Gasteiger partial charge in [-0.1, -0.05) is 6.92 Å². The van der Waals surface area contributed by atoms with Crippen molar-refractivity contribution in [2.24, 2.45) is 0 Å². The molecule has 0 radical (unpaired) electrons. The van der Waals surface area contributed by atoms with Gasteiger partial charge in [0.2, 0.25) is 0 Å². The maximum atomic E-state index is 5.79. The summed E-state index contributed by atoms with van der Waals surface area (Å²) in [5.74, 6) is 0. The van der Waals surface area contributed by atoms with Crippen molar-refractivity contribution in [3.8, 4) is 0 Å². The Labute approximate surface area is 82.6 Å². The van der Waals surface area contributed by atoms with Gasteiger partial charge in [0.25, 0.3) is 0 Å². The van der Waals surface area contributed by atoms with Crippen LogP contribution >= 0.6 is 0 Å². The van der Waals surface area contributed by atoms with Crippen LogP contribution in [0.4, 0.5) is 0 Å². The van der Waals surface area contributed by atoms with Crippen molar-refractivity contribution in [3.63, 3.8) is 0 Å². The molecule has 1 atom stereocenters. The highest BCUT2D eigenvalue weighted by molar-refractivity contribution is 4.74. The zero-order chi connectivity index (χ0) is 10.5. The smallest absolute Gasteiger partial charge is 0.0654 e. The number of hydrogen-bond donors (Lipinski definition) is 0. The van der Waals surface area contributed by atoms with Crippen LogP contribution in [0.15, 0.2) is 0 Å². The Morgan fingerprint density at radius 1 is 1.23 bits per heavy atom. The van der Waals surface area contributed by atoms with Crippen molar-refractivity contribution in [1.29, 1.82) is 0 Å². The van der Waals surface area contributed by atoms with E-state index in [0.717, 1.165) is 12.8 Å². The van der Waals surface area contributed by atoms with Gasteiger partial charge in [0.15, 0.2) is 0 Å². The van der Waals surface area contributed by atoms with E-state index in [9.17, 15) is 0 Å². The van der Waals surface area contributed by atoms with Gasteiger partial charge in [-0.2, -0.15) is 0 Å². The molecule has 0 aromatic carbocycles. The topological polar surface area (TPSA) is 18.5 Å². The van der Waals surface area contributed by atoms with Gasteiger partial charge in [0.1, 0.15) is 0 Å². The van der Waals surface area contributed by atoms with Crippen molar-refractivity contribution >= 4 is 0 Å². The van der Waals surface area contributed by atoms with E-state index >= 15 is 0 Å². The zero-order valence-corrected chi connectivity index (χ0v) is 9.89. The van der Waals surface area contributed by atoms with Crippen molar-refractivity contribution in [2.45, 2.75) is 65.3 Å². The minimum absolute atomic E-state index is 0.0785. The molecule has 0 rings (SSSR count). The molecule has 0 aromatic rings. The van der Waals surface area contributed by atoms with E-state index in [1.54, 1.807) is 7.11 Å². The summed E-state index contributed by atoms with van der Waals surface area (Å²) >= 11 is 0. The summed E-state index contributed by atoms with van der Waals surface area (Å²) in [6.45, 7) is 10.5. The molecule has 0 bridgehead atoms. The van der Waals surface area contributed by atoms with Crippen molar-refractivity contribution < 1.29 is 9.47 Å². The molecule has 0 spiro atoms. The van der Waals surface area contributed by atoms with Crippen LogP contribution in [0.3, 0.4) is 0 Å². The third-order valence-electron chi connectivity index (χ3n) is 2.06. The summed E-state index contributed by atoms with van der Waals surface area (Å²) < 4.78 is 11.1. The van der Waals surface area contributed by atoms with Crippen molar-refractivity contribution in [3.05, 3.63) is 0 Å². The van der Waals surface area contributed by atoms with Crippen LogP contribution in [0.5, 0.6) is 0 Å². The van der Waals surface area contributed by atoms with Gasteiger partial charge in [0, 0.05) is 13.5 Å². The lowest BCUT2D eigenvalue weighted by Gasteiger charge is -2.30. The standard InChI is InChI=1S/C11H24O2/c1-7-10(12-6)8-11(4,5)13-9(2)3/h9-10H,7-8H2,1-6H3. The second kappa shape index (κ2) is 5.61. The number of hydrogen-bond acceptors (Lipinski definition) is 2. The molecule has 0 aliphatic carbocycles. The summed E-state index contributed by atoms with van der Waals surface area (Å²) in [5.41, 5.74) is -0.0785. The lowest BCUT2D eigenvalue weighted by Crippen LogP contribution is -2.33. The summed E-state index contributed by atoms with van der Waals surface area (Å²) in [4.78, 5) is 0. The Hall–Kier alpha value is -0.0800. The van der Waals surface area contributed by atoms with Gasteiger partial charge in [-0.05, 0) is 34.1 Å². The fourth-order valence-corrected chi connectivity index (χ4v) is 1.63. The van der Waals surface area contributed by atoms with E-state index in [-0.39, 0.29) is 11.7 Å². The van der Waals surface area contributed by atoms with E-state index in [4.69, 9.17) is 9.47 Å². The van der Waals surface area contributed by atoms with Gasteiger partial charge in [-0.25, -0.2) is 0 Å². The third kappa shape index (κ3) is 6.05. The first-order chi connectivity index (χ1) is 5.91. The van der Waals surface area contributed by atoms with Crippen LogP contribution in [-0.2, 0) is 9.47 Å². The first-order valence-corrected chi connectivity index (χ1v) is 5.12. The highest BCUT2D eigenvalue weighted by Gasteiger charge is 2.24. The first kappa shape index (κ1) is 12.9. The first-order valence-electron chi connectivity index (χ1n) is 5.12. The summed E-state index contributed by atoms with van der Waals surface area (Å²) in [6, 6.07) is 0. The van der Waals surface area contributed by atoms with Crippen LogP contribution in [-0.4, -0.2) is 24.9 Å². The second-order valence-electron chi connectivity index (χ2n) is 4.40.